The van der Waals surface area contributed by atoms with Crippen LogP contribution in [0.15, 0.2) is 36.5 Å². The highest BCUT2D eigenvalue weighted by molar-refractivity contribution is 5.91. The molecule has 0 bridgehead atoms. The van der Waals surface area contributed by atoms with Crippen LogP contribution in [0, 0.1) is 6.92 Å². The predicted octanol–water partition coefficient (Wildman–Crippen LogP) is 2.45. The molecule has 0 N–H and O–H groups in total. The first kappa shape index (κ1) is 13.8. The molecular weight excluding hydrogens is 292 g/mol. The van der Waals surface area contributed by atoms with Crippen molar-refractivity contribution in [3.63, 3.8) is 0 Å². The van der Waals surface area contributed by atoms with E-state index < -0.39 is 0 Å². The average Bonchev–Trinajstić information content (AvgIpc) is 3.09. The van der Waals surface area contributed by atoms with E-state index in [9.17, 15) is 4.79 Å². The smallest absolute Gasteiger partial charge is 0.339 e. The van der Waals surface area contributed by atoms with Crippen LogP contribution in [0.25, 0.3) is 11.4 Å². The fourth-order valence-electron chi connectivity index (χ4n) is 3.04. The zero-order valence-corrected chi connectivity index (χ0v) is 13.0. The third-order valence-electron chi connectivity index (χ3n) is 4.15. The van der Waals surface area contributed by atoms with Gasteiger partial charge in [0, 0.05) is 18.3 Å². The quantitative estimate of drug-likeness (QED) is 0.534. The van der Waals surface area contributed by atoms with Crippen molar-refractivity contribution in [3.8, 4) is 11.4 Å². The first-order chi connectivity index (χ1) is 11.2. The van der Waals surface area contributed by atoms with E-state index in [0.717, 1.165) is 28.5 Å². The minimum atomic E-state index is -0.294. The van der Waals surface area contributed by atoms with Crippen LogP contribution >= 0.6 is 0 Å². The van der Waals surface area contributed by atoms with Gasteiger partial charge < -0.3 is 9.30 Å². The molecule has 2 aromatic heterocycles. The van der Waals surface area contributed by atoms with Gasteiger partial charge in [0.05, 0.1) is 34.9 Å². The molecule has 6 nitrogen and oxygen atoms in total. The summed E-state index contributed by atoms with van der Waals surface area (Å²) >= 11 is 0. The van der Waals surface area contributed by atoms with E-state index in [1.54, 1.807) is 0 Å². The highest BCUT2D eigenvalue weighted by Gasteiger charge is 2.26. The molecule has 23 heavy (non-hydrogen) atoms. The molecule has 4 rings (SSSR count). The first-order valence-corrected chi connectivity index (χ1v) is 7.59. The summed E-state index contributed by atoms with van der Waals surface area (Å²) in [4.78, 5) is 12.3. The average molecular weight is 308 g/mol. The maximum Gasteiger partial charge on any atom is 0.339 e. The van der Waals surface area contributed by atoms with Crippen LogP contribution < -0.4 is 0 Å². The number of rotatable bonds is 2. The van der Waals surface area contributed by atoms with E-state index in [2.05, 4.69) is 10.3 Å². The van der Waals surface area contributed by atoms with Crippen molar-refractivity contribution in [1.82, 2.24) is 19.6 Å². The molecule has 3 aromatic rings. The van der Waals surface area contributed by atoms with Crippen LogP contribution in [-0.2, 0) is 11.2 Å². The summed E-state index contributed by atoms with van der Waals surface area (Å²) < 4.78 is 9.08. The van der Waals surface area contributed by atoms with Crippen LogP contribution in [0.5, 0.6) is 0 Å². The number of carbonyl (C=O) groups is 1. The second-order valence-electron chi connectivity index (χ2n) is 5.47. The molecular formula is C17H16N4O2. The van der Waals surface area contributed by atoms with Gasteiger partial charge in [0.1, 0.15) is 0 Å². The second-order valence-corrected chi connectivity index (χ2v) is 5.47. The normalized spacial score (nSPS) is 12.1. The summed E-state index contributed by atoms with van der Waals surface area (Å²) in [7, 11) is 0. The first-order valence-electron chi connectivity index (χ1n) is 7.59. The van der Waals surface area contributed by atoms with Gasteiger partial charge in [-0.05, 0) is 32.0 Å². The SMILES string of the molecule is CCOC(=O)c1ccn2c1Cc1c(C)nnn1-c1ccccc1-2. The lowest BCUT2D eigenvalue weighted by molar-refractivity contribution is 0.0525. The minimum absolute atomic E-state index is 0.294. The number of esters is 1. The zero-order valence-electron chi connectivity index (χ0n) is 13.0. The van der Waals surface area contributed by atoms with E-state index in [4.69, 9.17) is 4.74 Å². The van der Waals surface area contributed by atoms with Crippen molar-refractivity contribution in [3.05, 3.63) is 59.2 Å². The molecule has 0 atom stereocenters. The second kappa shape index (κ2) is 5.08. The van der Waals surface area contributed by atoms with Gasteiger partial charge in [-0.2, -0.15) is 0 Å². The number of hydrogen-bond acceptors (Lipinski definition) is 4. The van der Waals surface area contributed by atoms with Gasteiger partial charge >= 0.3 is 5.97 Å². The topological polar surface area (TPSA) is 61.9 Å². The third kappa shape index (κ3) is 1.98. The van der Waals surface area contributed by atoms with E-state index in [0.29, 0.717) is 18.6 Å². The lowest BCUT2D eigenvalue weighted by atomic mass is 10.1. The molecule has 3 heterocycles. The fraction of sp³-hybridized carbons (Fsp3) is 0.235. The van der Waals surface area contributed by atoms with Crippen LogP contribution in [-0.4, -0.2) is 32.1 Å². The summed E-state index contributed by atoms with van der Waals surface area (Å²) in [6.07, 6.45) is 2.49. The van der Waals surface area contributed by atoms with Crippen LogP contribution in [0.4, 0.5) is 0 Å². The number of aryl methyl sites for hydroxylation is 1. The Balaban J connectivity index is 1.99. The Bertz CT molecular complexity index is 907. The highest BCUT2D eigenvalue weighted by atomic mass is 16.5. The number of benzene rings is 1. The van der Waals surface area contributed by atoms with Crippen molar-refractivity contribution in [2.45, 2.75) is 20.3 Å². The van der Waals surface area contributed by atoms with E-state index in [1.165, 1.54) is 0 Å². The van der Waals surface area contributed by atoms with Crippen LogP contribution in [0.1, 0.15) is 34.4 Å². The van der Waals surface area contributed by atoms with Gasteiger partial charge in [-0.15, -0.1) is 5.10 Å². The summed E-state index contributed by atoms with van der Waals surface area (Å²) in [6, 6.07) is 9.78. The molecule has 0 radical (unpaired) electrons. The Morgan fingerprint density at radius 3 is 2.78 bits per heavy atom. The van der Waals surface area contributed by atoms with Crippen molar-refractivity contribution in [2.24, 2.45) is 0 Å². The molecule has 0 spiro atoms. The molecule has 0 saturated carbocycles. The number of ether oxygens (including phenoxy) is 1. The zero-order chi connectivity index (χ0) is 16.0. The molecule has 6 heteroatoms. The van der Waals surface area contributed by atoms with Gasteiger partial charge in [0.15, 0.2) is 0 Å². The molecule has 0 fully saturated rings. The van der Waals surface area contributed by atoms with Crippen LogP contribution in [0.2, 0.25) is 0 Å². The molecule has 116 valence electrons. The molecule has 0 saturated heterocycles. The maximum absolute atomic E-state index is 12.3. The van der Waals surface area contributed by atoms with Crippen LogP contribution in [0.3, 0.4) is 0 Å². The number of nitrogens with zero attached hydrogens (tertiary/aromatic N) is 4. The summed E-state index contributed by atoms with van der Waals surface area (Å²) in [5.41, 5.74) is 5.27. The Kier molecular flexibility index (Phi) is 3.04. The predicted molar refractivity (Wildman–Crippen MR) is 84.2 cm³/mol. The Morgan fingerprint density at radius 1 is 1.22 bits per heavy atom. The van der Waals surface area contributed by atoms with Crippen molar-refractivity contribution in [2.75, 3.05) is 6.61 Å². The van der Waals surface area contributed by atoms with Gasteiger partial charge in [0.25, 0.3) is 0 Å². The number of carbonyl (C=O) groups excluding carboxylic acids is 1. The standard InChI is InChI=1S/C17H16N4O2/c1-3-23-17(22)12-8-9-20-13-6-4-5-7-14(13)21-15(10-16(12)20)11(2)18-19-21/h4-9H,3,10H2,1-2H3. The third-order valence-corrected chi connectivity index (χ3v) is 4.15. The number of para-hydroxylation sites is 2. The number of aromatic nitrogens is 4. The summed E-state index contributed by atoms with van der Waals surface area (Å²) in [5.74, 6) is -0.294. The lowest BCUT2D eigenvalue weighted by Crippen LogP contribution is -2.09. The summed E-state index contributed by atoms with van der Waals surface area (Å²) in [6.45, 7) is 4.10. The molecule has 0 aliphatic carbocycles. The molecule has 0 unspecified atom stereocenters. The maximum atomic E-state index is 12.3. The van der Waals surface area contributed by atoms with Gasteiger partial charge in [-0.3, -0.25) is 0 Å². The highest BCUT2D eigenvalue weighted by Crippen LogP contribution is 2.30. The molecule has 1 aromatic carbocycles. The van der Waals surface area contributed by atoms with E-state index in [1.807, 2.05) is 59.6 Å². The van der Waals surface area contributed by atoms with Crippen molar-refractivity contribution < 1.29 is 9.53 Å². The number of fused-ring (bicyclic) bond motifs is 5. The Hall–Kier alpha value is -2.89. The largest absolute Gasteiger partial charge is 0.462 e. The van der Waals surface area contributed by atoms with E-state index >= 15 is 0 Å². The Labute approximate surface area is 133 Å². The molecule has 1 aliphatic rings. The summed E-state index contributed by atoms with van der Waals surface area (Å²) in [5, 5.41) is 8.46. The Morgan fingerprint density at radius 2 is 2.00 bits per heavy atom. The fourth-order valence-corrected chi connectivity index (χ4v) is 3.04. The van der Waals surface area contributed by atoms with Crippen molar-refractivity contribution in [1.29, 1.82) is 0 Å². The van der Waals surface area contributed by atoms with E-state index in [-0.39, 0.29) is 5.97 Å². The number of hydrogen-bond donors (Lipinski definition) is 0. The van der Waals surface area contributed by atoms with Gasteiger partial charge in [-0.25, -0.2) is 9.48 Å². The molecule has 0 amide bonds. The van der Waals surface area contributed by atoms with Gasteiger partial charge in [0.2, 0.25) is 0 Å². The lowest BCUT2D eigenvalue weighted by Gasteiger charge is -2.10. The van der Waals surface area contributed by atoms with Crippen molar-refractivity contribution >= 4 is 5.97 Å². The minimum Gasteiger partial charge on any atom is -0.462 e. The molecule has 1 aliphatic heterocycles. The monoisotopic (exact) mass is 308 g/mol. The van der Waals surface area contributed by atoms with Gasteiger partial charge in [-0.1, -0.05) is 17.3 Å².